The molecule has 0 radical (unpaired) electrons. The van der Waals surface area contributed by atoms with Crippen molar-refractivity contribution in [3.63, 3.8) is 0 Å². The summed E-state index contributed by atoms with van der Waals surface area (Å²) in [6, 6.07) is 8.03. The number of nitrogens with zero attached hydrogens (tertiary/aromatic N) is 1. The molecule has 4 nitrogen and oxygen atoms in total. The molecule has 1 aromatic carbocycles. The van der Waals surface area contributed by atoms with Crippen molar-refractivity contribution in [2.24, 2.45) is 0 Å². The van der Waals surface area contributed by atoms with Crippen LogP contribution in [0, 0.1) is 11.3 Å². The average molecular weight is 238 g/mol. The van der Waals surface area contributed by atoms with Gasteiger partial charge >= 0.3 is 5.97 Å². The maximum Gasteiger partial charge on any atom is 0.376 e. The zero-order valence-electron chi connectivity index (χ0n) is 8.44. The van der Waals surface area contributed by atoms with Crippen molar-refractivity contribution < 1.29 is 14.3 Å². The van der Waals surface area contributed by atoms with Crippen molar-refractivity contribution in [2.75, 3.05) is 7.11 Å². The number of carbonyl (C=O) groups excluding carboxylic acids is 2. The van der Waals surface area contributed by atoms with Gasteiger partial charge in [0.25, 0.3) is 5.78 Å². The Balaban J connectivity index is 2.89. The number of esters is 1. The zero-order chi connectivity index (χ0) is 12.1. The summed E-state index contributed by atoms with van der Waals surface area (Å²) in [4.78, 5) is 22.3. The fourth-order valence-electron chi connectivity index (χ4n) is 1.08. The molecule has 0 aromatic heterocycles. The van der Waals surface area contributed by atoms with Gasteiger partial charge in [-0.1, -0.05) is 12.1 Å². The molecule has 0 N–H and O–H groups in total. The standard InChI is InChI=1S/C11H8ClNO3/c1-16-11(15)10(14)9(12)8-4-2-7(6-13)3-5-8/h2-5,9H,1H3. The number of methoxy groups -OCH3 is 1. The first-order valence-electron chi connectivity index (χ1n) is 4.36. The van der Waals surface area contributed by atoms with Crippen molar-refractivity contribution in [1.29, 1.82) is 5.26 Å². The van der Waals surface area contributed by atoms with E-state index in [2.05, 4.69) is 4.74 Å². The summed E-state index contributed by atoms with van der Waals surface area (Å²) in [5, 5.41) is 7.50. The zero-order valence-corrected chi connectivity index (χ0v) is 9.19. The Hall–Kier alpha value is -1.86. The minimum absolute atomic E-state index is 0.455. The van der Waals surface area contributed by atoms with Gasteiger partial charge in [0.05, 0.1) is 18.7 Å². The van der Waals surface area contributed by atoms with Crippen LogP contribution in [0.15, 0.2) is 24.3 Å². The van der Waals surface area contributed by atoms with E-state index in [1.165, 1.54) is 24.3 Å². The maximum absolute atomic E-state index is 11.4. The average Bonchev–Trinajstić information content (AvgIpc) is 2.36. The molecule has 82 valence electrons. The molecule has 0 amide bonds. The number of halogens is 1. The van der Waals surface area contributed by atoms with Crippen molar-refractivity contribution in [3.8, 4) is 6.07 Å². The second kappa shape index (κ2) is 5.29. The van der Waals surface area contributed by atoms with Crippen LogP contribution in [0.2, 0.25) is 0 Å². The summed E-state index contributed by atoms with van der Waals surface area (Å²) < 4.78 is 4.27. The van der Waals surface area contributed by atoms with E-state index in [-0.39, 0.29) is 0 Å². The Morgan fingerprint density at radius 3 is 2.38 bits per heavy atom. The molecule has 0 spiro atoms. The van der Waals surface area contributed by atoms with Crippen LogP contribution >= 0.6 is 11.6 Å². The topological polar surface area (TPSA) is 67.2 Å². The van der Waals surface area contributed by atoms with Crippen molar-refractivity contribution in [1.82, 2.24) is 0 Å². The largest absolute Gasteiger partial charge is 0.463 e. The number of Topliss-reactive ketones (excluding diaryl/α,β-unsaturated/α-hetero) is 1. The van der Waals surface area contributed by atoms with Gasteiger partial charge < -0.3 is 4.74 Å². The molecule has 0 saturated heterocycles. The summed E-state index contributed by atoms with van der Waals surface area (Å²) in [6.45, 7) is 0. The van der Waals surface area contributed by atoms with Crippen LogP contribution in [0.1, 0.15) is 16.5 Å². The second-order valence-electron chi connectivity index (χ2n) is 2.95. The van der Waals surface area contributed by atoms with Gasteiger partial charge in [-0.05, 0) is 17.7 Å². The molecule has 0 aliphatic rings. The van der Waals surface area contributed by atoms with Gasteiger partial charge in [-0.2, -0.15) is 5.26 Å². The van der Waals surface area contributed by atoms with Crippen LogP contribution in [0.25, 0.3) is 0 Å². The lowest BCUT2D eigenvalue weighted by atomic mass is 10.1. The summed E-state index contributed by atoms with van der Waals surface area (Å²) in [6.07, 6.45) is 0. The second-order valence-corrected chi connectivity index (χ2v) is 3.39. The normalized spacial score (nSPS) is 11.3. The number of carbonyl (C=O) groups is 2. The number of nitriles is 1. The van der Waals surface area contributed by atoms with E-state index in [0.29, 0.717) is 11.1 Å². The number of alkyl halides is 1. The first kappa shape index (κ1) is 12.2. The fourth-order valence-corrected chi connectivity index (χ4v) is 1.32. The number of benzene rings is 1. The van der Waals surface area contributed by atoms with E-state index in [0.717, 1.165) is 7.11 Å². The number of hydrogen-bond donors (Lipinski definition) is 0. The van der Waals surface area contributed by atoms with Crippen molar-refractivity contribution >= 4 is 23.4 Å². The number of ketones is 1. The molecule has 1 rings (SSSR count). The highest BCUT2D eigenvalue weighted by atomic mass is 35.5. The summed E-state index contributed by atoms with van der Waals surface area (Å²) in [5.74, 6) is -1.81. The first-order valence-corrected chi connectivity index (χ1v) is 4.80. The highest BCUT2D eigenvalue weighted by Gasteiger charge is 2.25. The van der Waals surface area contributed by atoms with E-state index in [4.69, 9.17) is 16.9 Å². The van der Waals surface area contributed by atoms with Crippen LogP contribution in [-0.4, -0.2) is 18.9 Å². The summed E-state index contributed by atoms with van der Waals surface area (Å²) >= 11 is 5.79. The third kappa shape index (κ3) is 2.59. The molecule has 0 fully saturated rings. The number of hydrogen-bond acceptors (Lipinski definition) is 4. The van der Waals surface area contributed by atoms with Crippen molar-refractivity contribution in [3.05, 3.63) is 35.4 Å². The Morgan fingerprint density at radius 2 is 1.94 bits per heavy atom. The molecule has 1 aromatic rings. The lowest BCUT2D eigenvalue weighted by molar-refractivity contribution is -0.151. The van der Waals surface area contributed by atoms with Crippen LogP contribution in [0.5, 0.6) is 0 Å². The molecular weight excluding hydrogens is 230 g/mol. The molecule has 16 heavy (non-hydrogen) atoms. The Labute approximate surface area is 97.4 Å². The quantitative estimate of drug-likeness (QED) is 0.455. The van der Waals surface area contributed by atoms with Gasteiger partial charge in [0.15, 0.2) is 0 Å². The number of rotatable bonds is 3. The molecule has 0 bridgehead atoms. The van der Waals surface area contributed by atoms with Gasteiger partial charge in [0, 0.05) is 0 Å². The molecule has 1 unspecified atom stereocenters. The van der Waals surface area contributed by atoms with Gasteiger partial charge in [-0.3, -0.25) is 4.79 Å². The predicted molar refractivity (Wildman–Crippen MR) is 56.8 cm³/mol. The fraction of sp³-hybridized carbons (Fsp3) is 0.182. The monoisotopic (exact) mass is 237 g/mol. The SMILES string of the molecule is COC(=O)C(=O)C(Cl)c1ccc(C#N)cc1. The van der Waals surface area contributed by atoms with Gasteiger partial charge in [0.2, 0.25) is 0 Å². The van der Waals surface area contributed by atoms with E-state index in [1.54, 1.807) is 0 Å². The minimum atomic E-state index is -1.08. The van der Waals surface area contributed by atoms with Gasteiger partial charge in [-0.15, -0.1) is 11.6 Å². The third-order valence-electron chi connectivity index (χ3n) is 1.95. The molecular formula is C11H8ClNO3. The molecule has 0 aliphatic heterocycles. The van der Waals surface area contributed by atoms with E-state index >= 15 is 0 Å². The Bertz CT molecular complexity index is 447. The smallest absolute Gasteiger partial charge is 0.376 e. The lowest BCUT2D eigenvalue weighted by Gasteiger charge is -2.06. The summed E-state index contributed by atoms with van der Waals surface area (Å²) in [7, 11) is 1.11. The molecule has 0 aliphatic carbocycles. The van der Waals surface area contributed by atoms with Crippen LogP contribution in [0.3, 0.4) is 0 Å². The summed E-state index contributed by atoms with van der Waals surface area (Å²) in [5.41, 5.74) is 0.911. The lowest BCUT2D eigenvalue weighted by Crippen LogP contribution is -2.20. The highest BCUT2D eigenvalue weighted by molar-refractivity contribution is 6.47. The van der Waals surface area contributed by atoms with Crippen LogP contribution in [-0.2, 0) is 14.3 Å². The van der Waals surface area contributed by atoms with Gasteiger partial charge in [0.1, 0.15) is 5.38 Å². The van der Waals surface area contributed by atoms with E-state index < -0.39 is 17.1 Å². The first-order chi connectivity index (χ1) is 7.60. The van der Waals surface area contributed by atoms with Gasteiger partial charge in [-0.25, -0.2) is 4.79 Å². The maximum atomic E-state index is 11.4. The number of ether oxygens (including phenoxy) is 1. The van der Waals surface area contributed by atoms with Crippen LogP contribution < -0.4 is 0 Å². The molecule has 1 atom stereocenters. The molecule has 0 heterocycles. The van der Waals surface area contributed by atoms with Crippen LogP contribution in [0.4, 0.5) is 0 Å². The van der Waals surface area contributed by atoms with E-state index in [1.807, 2.05) is 6.07 Å². The minimum Gasteiger partial charge on any atom is -0.463 e. The Morgan fingerprint density at radius 1 is 1.38 bits per heavy atom. The van der Waals surface area contributed by atoms with E-state index in [9.17, 15) is 9.59 Å². The molecule has 5 heteroatoms. The van der Waals surface area contributed by atoms with Crippen molar-refractivity contribution in [2.45, 2.75) is 5.38 Å². The predicted octanol–water partition coefficient (Wildman–Crippen LogP) is 1.58. The highest BCUT2D eigenvalue weighted by Crippen LogP contribution is 2.22. The Kier molecular flexibility index (Phi) is 4.03. The molecule has 0 saturated carbocycles. The third-order valence-corrected chi connectivity index (χ3v) is 2.40.